The summed E-state index contributed by atoms with van der Waals surface area (Å²) in [5.41, 5.74) is 5.31. The van der Waals surface area contributed by atoms with Crippen LogP contribution >= 0.6 is 0 Å². The van der Waals surface area contributed by atoms with Gasteiger partial charge in [0.1, 0.15) is 0 Å². The molecule has 0 aromatic rings. The molecule has 0 spiro atoms. The van der Waals surface area contributed by atoms with Gasteiger partial charge in [0.25, 0.3) is 0 Å². The summed E-state index contributed by atoms with van der Waals surface area (Å²) in [4.78, 5) is 14.0. The molecule has 1 amide bonds. The molecule has 0 aliphatic carbocycles. The van der Waals surface area contributed by atoms with Crippen LogP contribution in [0.4, 0.5) is 0 Å². The quantitative estimate of drug-likeness (QED) is 0.524. The fourth-order valence-electron chi connectivity index (χ4n) is 1.79. The molecule has 3 heteroatoms. The van der Waals surface area contributed by atoms with Gasteiger partial charge in [-0.15, -0.1) is 6.58 Å². The maximum Gasteiger partial charge on any atom is 0.223 e. The van der Waals surface area contributed by atoms with Crippen LogP contribution in [0.5, 0.6) is 0 Å². The number of rotatable bonds is 8. The molecular weight excluding hydrogens is 212 g/mol. The van der Waals surface area contributed by atoms with E-state index in [1.807, 2.05) is 4.90 Å². The molecule has 0 rings (SSSR count). The summed E-state index contributed by atoms with van der Waals surface area (Å²) in [7, 11) is 0. The number of hydrogen-bond acceptors (Lipinski definition) is 2. The fraction of sp³-hybridized carbons (Fsp3) is 0.786. The number of amides is 1. The zero-order valence-electron chi connectivity index (χ0n) is 11.7. The largest absolute Gasteiger partial charge is 0.334 e. The van der Waals surface area contributed by atoms with Gasteiger partial charge in [0.05, 0.1) is 0 Å². The van der Waals surface area contributed by atoms with Crippen molar-refractivity contribution in [2.75, 3.05) is 13.1 Å². The summed E-state index contributed by atoms with van der Waals surface area (Å²) in [6.45, 7) is 11.3. The van der Waals surface area contributed by atoms with Gasteiger partial charge < -0.3 is 10.6 Å². The van der Waals surface area contributed by atoms with Crippen molar-refractivity contribution in [3.8, 4) is 0 Å². The summed E-state index contributed by atoms with van der Waals surface area (Å²) in [5.74, 6) is 0.227. The van der Waals surface area contributed by atoms with Gasteiger partial charge in [-0.25, -0.2) is 0 Å². The molecule has 0 aromatic heterocycles. The molecule has 0 aromatic carbocycles. The third kappa shape index (κ3) is 7.16. The fourth-order valence-corrected chi connectivity index (χ4v) is 1.79. The van der Waals surface area contributed by atoms with Crippen LogP contribution in [0.3, 0.4) is 0 Å². The van der Waals surface area contributed by atoms with Gasteiger partial charge in [-0.05, 0) is 40.2 Å². The second kappa shape index (κ2) is 8.29. The Bertz CT molecular complexity index is 231. The summed E-state index contributed by atoms with van der Waals surface area (Å²) < 4.78 is 0. The van der Waals surface area contributed by atoms with E-state index in [1.54, 1.807) is 6.08 Å². The van der Waals surface area contributed by atoms with E-state index in [1.165, 1.54) is 0 Å². The summed E-state index contributed by atoms with van der Waals surface area (Å²) in [5, 5.41) is 0. The molecule has 0 heterocycles. The number of nitrogens with zero attached hydrogens (tertiary/aromatic N) is 1. The molecule has 17 heavy (non-hydrogen) atoms. The van der Waals surface area contributed by atoms with Gasteiger partial charge in [-0.3, -0.25) is 4.79 Å². The molecule has 0 aliphatic heterocycles. The predicted molar refractivity (Wildman–Crippen MR) is 73.8 cm³/mol. The van der Waals surface area contributed by atoms with Gasteiger partial charge in [-0.1, -0.05) is 18.9 Å². The van der Waals surface area contributed by atoms with Crippen LogP contribution in [0, 0.1) is 0 Å². The minimum atomic E-state index is -0.122. The summed E-state index contributed by atoms with van der Waals surface area (Å²) in [6, 6.07) is 0. The van der Waals surface area contributed by atoms with E-state index in [2.05, 4.69) is 27.4 Å². The van der Waals surface area contributed by atoms with Crippen molar-refractivity contribution < 1.29 is 4.79 Å². The van der Waals surface area contributed by atoms with Crippen molar-refractivity contribution in [1.82, 2.24) is 4.90 Å². The van der Waals surface area contributed by atoms with Crippen molar-refractivity contribution >= 4 is 5.91 Å². The maximum absolute atomic E-state index is 12.1. The van der Waals surface area contributed by atoms with E-state index in [9.17, 15) is 4.79 Å². The Kier molecular flexibility index (Phi) is 7.88. The van der Waals surface area contributed by atoms with Gasteiger partial charge in [0.15, 0.2) is 0 Å². The Hall–Kier alpha value is -0.830. The lowest BCUT2D eigenvalue weighted by Gasteiger charge is -2.35. The average molecular weight is 240 g/mol. The lowest BCUT2D eigenvalue weighted by atomic mass is 10.0. The first-order chi connectivity index (χ1) is 7.93. The van der Waals surface area contributed by atoms with Crippen molar-refractivity contribution in [3.63, 3.8) is 0 Å². The van der Waals surface area contributed by atoms with Crippen LogP contribution < -0.4 is 5.73 Å². The lowest BCUT2D eigenvalue weighted by Crippen LogP contribution is -2.45. The van der Waals surface area contributed by atoms with E-state index < -0.39 is 0 Å². The average Bonchev–Trinajstić information content (AvgIpc) is 2.23. The molecule has 3 nitrogen and oxygen atoms in total. The molecule has 0 atom stereocenters. The molecule has 0 aliphatic rings. The molecule has 0 saturated carbocycles. The highest BCUT2D eigenvalue weighted by molar-refractivity contribution is 5.77. The van der Waals surface area contributed by atoms with Crippen LogP contribution in [0.2, 0.25) is 0 Å². The Morgan fingerprint density at radius 2 is 1.82 bits per heavy atom. The van der Waals surface area contributed by atoms with Gasteiger partial charge >= 0.3 is 0 Å². The van der Waals surface area contributed by atoms with Crippen molar-refractivity contribution in [1.29, 1.82) is 0 Å². The predicted octanol–water partition coefficient (Wildman–Crippen LogP) is 2.71. The van der Waals surface area contributed by atoms with Crippen LogP contribution in [-0.4, -0.2) is 29.4 Å². The van der Waals surface area contributed by atoms with E-state index in [0.717, 1.165) is 32.2 Å². The number of carbonyl (C=O) groups is 1. The summed E-state index contributed by atoms with van der Waals surface area (Å²) in [6.07, 6.45) is 6.66. The Morgan fingerprint density at radius 1 is 1.24 bits per heavy atom. The highest BCUT2D eigenvalue weighted by Gasteiger charge is 2.24. The van der Waals surface area contributed by atoms with Crippen LogP contribution in [0.15, 0.2) is 12.7 Å². The Labute approximate surface area is 106 Å². The van der Waals surface area contributed by atoms with Crippen LogP contribution in [0.25, 0.3) is 0 Å². The molecule has 0 fully saturated rings. The van der Waals surface area contributed by atoms with E-state index >= 15 is 0 Å². The normalized spacial score (nSPS) is 11.3. The maximum atomic E-state index is 12.1. The SMILES string of the molecule is C=CCN(C(=O)CCCCCCN)C(C)(C)C. The molecule has 0 saturated heterocycles. The molecule has 0 radical (unpaired) electrons. The van der Waals surface area contributed by atoms with Crippen molar-refractivity contribution in [3.05, 3.63) is 12.7 Å². The Balaban J connectivity index is 4.03. The first-order valence-corrected chi connectivity index (χ1v) is 6.55. The molecule has 0 bridgehead atoms. The molecule has 0 unspecified atom stereocenters. The second-order valence-corrected chi connectivity index (χ2v) is 5.42. The smallest absolute Gasteiger partial charge is 0.223 e. The van der Waals surface area contributed by atoms with E-state index in [0.29, 0.717) is 13.0 Å². The van der Waals surface area contributed by atoms with Crippen LogP contribution in [-0.2, 0) is 4.79 Å². The van der Waals surface area contributed by atoms with Gasteiger partial charge in [-0.2, -0.15) is 0 Å². The standard InChI is InChI=1S/C14H28N2O/c1-5-12-16(14(2,3)4)13(17)10-8-6-7-9-11-15/h5H,1,6-12,15H2,2-4H3. The molecule has 2 N–H and O–H groups in total. The number of nitrogens with two attached hydrogens (primary N) is 1. The second-order valence-electron chi connectivity index (χ2n) is 5.42. The molecule has 100 valence electrons. The summed E-state index contributed by atoms with van der Waals surface area (Å²) >= 11 is 0. The van der Waals surface area contributed by atoms with E-state index in [4.69, 9.17) is 5.73 Å². The molecular formula is C14H28N2O. The monoisotopic (exact) mass is 240 g/mol. The minimum absolute atomic E-state index is 0.122. The number of carbonyl (C=O) groups excluding carboxylic acids is 1. The third-order valence-electron chi connectivity index (χ3n) is 2.77. The van der Waals surface area contributed by atoms with E-state index in [-0.39, 0.29) is 11.4 Å². The van der Waals surface area contributed by atoms with Gasteiger partial charge in [0, 0.05) is 18.5 Å². The number of hydrogen-bond donors (Lipinski definition) is 1. The lowest BCUT2D eigenvalue weighted by molar-refractivity contribution is -0.135. The number of unbranched alkanes of at least 4 members (excludes halogenated alkanes) is 3. The van der Waals surface area contributed by atoms with Gasteiger partial charge in [0.2, 0.25) is 5.91 Å². The van der Waals surface area contributed by atoms with Crippen LogP contribution in [0.1, 0.15) is 52.9 Å². The third-order valence-corrected chi connectivity index (χ3v) is 2.77. The highest BCUT2D eigenvalue weighted by Crippen LogP contribution is 2.16. The Morgan fingerprint density at radius 3 is 2.29 bits per heavy atom. The minimum Gasteiger partial charge on any atom is -0.334 e. The first-order valence-electron chi connectivity index (χ1n) is 6.55. The zero-order valence-corrected chi connectivity index (χ0v) is 11.7. The topological polar surface area (TPSA) is 46.3 Å². The van der Waals surface area contributed by atoms with Crippen molar-refractivity contribution in [2.24, 2.45) is 5.73 Å². The van der Waals surface area contributed by atoms with Crippen molar-refractivity contribution in [2.45, 2.75) is 58.4 Å². The zero-order chi connectivity index (χ0) is 13.3. The first kappa shape index (κ1) is 16.2. The highest BCUT2D eigenvalue weighted by atomic mass is 16.2.